The molecule has 2 heterocycles. The summed E-state index contributed by atoms with van der Waals surface area (Å²) in [6, 6.07) is 17.2. The number of anilines is 1. The lowest BCUT2D eigenvalue weighted by Gasteiger charge is -2.45. The lowest BCUT2D eigenvalue weighted by molar-refractivity contribution is -0.0379. The molecule has 3 nitrogen and oxygen atoms in total. The van der Waals surface area contributed by atoms with E-state index in [2.05, 4.69) is 40.1 Å². The first-order valence-electron chi connectivity index (χ1n) is 10.1. The number of nitrogens with zero attached hydrogens (tertiary/aromatic N) is 2. The van der Waals surface area contributed by atoms with E-state index in [4.69, 9.17) is 11.6 Å². The maximum Gasteiger partial charge on any atom is 0.0920 e. The highest BCUT2D eigenvalue weighted by Crippen LogP contribution is 2.35. The topological polar surface area (TPSA) is 26.7 Å². The lowest BCUT2D eigenvalue weighted by atomic mass is 9.83. The number of aliphatic hydroxyl groups is 1. The van der Waals surface area contributed by atoms with Gasteiger partial charge in [0.2, 0.25) is 0 Å². The molecule has 2 aromatic rings. The van der Waals surface area contributed by atoms with Gasteiger partial charge in [-0.25, -0.2) is 0 Å². The molecule has 0 radical (unpaired) electrons. The fourth-order valence-corrected chi connectivity index (χ4v) is 4.74. The molecule has 0 aliphatic carbocycles. The predicted octanol–water partition coefficient (Wildman–Crippen LogP) is 4.60. The van der Waals surface area contributed by atoms with Gasteiger partial charge in [-0.15, -0.1) is 0 Å². The number of likely N-dealkylation sites (tertiary alicyclic amines) is 1. The summed E-state index contributed by atoms with van der Waals surface area (Å²) in [7, 11) is 0. The van der Waals surface area contributed by atoms with E-state index in [1.165, 1.54) is 18.5 Å². The Balaban J connectivity index is 1.32. The summed E-state index contributed by atoms with van der Waals surface area (Å²) in [4.78, 5) is 5.04. The molecule has 2 aliphatic heterocycles. The van der Waals surface area contributed by atoms with Crippen molar-refractivity contribution in [2.24, 2.45) is 0 Å². The van der Waals surface area contributed by atoms with E-state index in [0.717, 1.165) is 55.2 Å². The van der Waals surface area contributed by atoms with Crippen LogP contribution >= 0.6 is 11.6 Å². The summed E-state index contributed by atoms with van der Waals surface area (Å²) < 4.78 is 0. The molecule has 0 saturated carbocycles. The van der Waals surface area contributed by atoms with Crippen molar-refractivity contribution in [3.63, 3.8) is 0 Å². The zero-order valence-corrected chi connectivity index (χ0v) is 16.8. The minimum absolute atomic E-state index is 0.627. The van der Waals surface area contributed by atoms with Crippen LogP contribution in [0, 0.1) is 6.92 Å². The summed E-state index contributed by atoms with van der Waals surface area (Å²) in [6.07, 6.45) is 4.00. The Kier molecular flexibility index (Phi) is 5.45. The Morgan fingerprint density at radius 3 is 2.26 bits per heavy atom. The van der Waals surface area contributed by atoms with Crippen LogP contribution in [0.15, 0.2) is 48.5 Å². The van der Waals surface area contributed by atoms with Gasteiger partial charge in [0, 0.05) is 42.9 Å². The molecule has 2 saturated heterocycles. The summed E-state index contributed by atoms with van der Waals surface area (Å²) >= 11 is 6.30. The van der Waals surface area contributed by atoms with Crippen LogP contribution in [0.1, 0.15) is 36.8 Å². The number of halogens is 1. The van der Waals surface area contributed by atoms with Crippen molar-refractivity contribution in [2.45, 2.75) is 44.2 Å². The van der Waals surface area contributed by atoms with Gasteiger partial charge in [0.25, 0.3) is 0 Å². The molecule has 2 aliphatic rings. The monoisotopic (exact) mass is 384 g/mol. The van der Waals surface area contributed by atoms with E-state index in [-0.39, 0.29) is 0 Å². The molecule has 4 rings (SSSR count). The van der Waals surface area contributed by atoms with E-state index in [9.17, 15) is 5.11 Å². The first-order valence-corrected chi connectivity index (χ1v) is 10.5. The smallest absolute Gasteiger partial charge is 0.0920 e. The average molecular weight is 385 g/mol. The minimum Gasteiger partial charge on any atom is -0.385 e. The van der Waals surface area contributed by atoms with Crippen LogP contribution in [0.2, 0.25) is 5.02 Å². The highest BCUT2D eigenvalue weighted by molar-refractivity contribution is 6.31. The van der Waals surface area contributed by atoms with E-state index in [1.54, 1.807) is 0 Å². The van der Waals surface area contributed by atoms with Crippen molar-refractivity contribution in [3.8, 4) is 0 Å². The summed E-state index contributed by atoms with van der Waals surface area (Å²) in [5, 5.41) is 11.9. The molecule has 2 fully saturated rings. The van der Waals surface area contributed by atoms with Gasteiger partial charge in [-0.1, -0.05) is 48.0 Å². The first-order chi connectivity index (χ1) is 13.0. The fraction of sp³-hybridized carbons (Fsp3) is 0.478. The molecule has 0 bridgehead atoms. The SMILES string of the molecule is Cc1ccc(N2CCC(N3CCC(O)(c4ccccc4)CC3)CC2)cc1Cl. The summed E-state index contributed by atoms with van der Waals surface area (Å²) in [5.74, 6) is 0. The Morgan fingerprint density at radius 1 is 0.963 bits per heavy atom. The van der Waals surface area contributed by atoms with Crippen molar-refractivity contribution in [2.75, 3.05) is 31.1 Å². The Hall–Kier alpha value is -1.55. The van der Waals surface area contributed by atoms with Gasteiger partial charge in [0.1, 0.15) is 0 Å². The molecule has 27 heavy (non-hydrogen) atoms. The molecular formula is C23H29ClN2O. The second kappa shape index (κ2) is 7.83. The maximum atomic E-state index is 11.1. The van der Waals surface area contributed by atoms with Gasteiger partial charge in [-0.3, -0.25) is 0 Å². The fourth-order valence-electron chi connectivity index (χ4n) is 4.56. The molecule has 0 atom stereocenters. The van der Waals surface area contributed by atoms with Gasteiger partial charge >= 0.3 is 0 Å². The molecule has 0 unspecified atom stereocenters. The number of aryl methyl sites for hydroxylation is 1. The van der Waals surface area contributed by atoms with Crippen LogP contribution in [0.25, 0.3) is 0 Å². The van der Waals surface area contributed by atoms with Crippen LogP contribution in [-0.4, -0.2) is 42.2 Å². The van der Waals surface area contributed by atoms with Crippen LogP contribution < -0.4 is 4.90 Å². The Morgan fingerprint density at radius 2 is 1.63 bits per heavy atom. The quantitative estimate of drug-likeness (QED) is 0.837. The van der Waals surface area contributed by atoms with Crippen molar-refractivity contribution < 1.29 is 5.11 Å². The normalized spacial score (nSPS) is 21.4. The van der Waals surface area contributed by atoms with Crippen molar-refractivity contribution >= 4 is 17.3 Å². The minimum atomic E-state index is -0.656. The molecule has 144 valence electrons. The van der Waals surface area contributed by atoms with Gasteiger partial charge in [0.15, 0.2) is 0 Å². The largest absolute Gasteiger partial charge is 0.385 e. The Labute approximate surface area is 167 Å². The molecular weight excluding hydrogens is 356 g/mol. The second-order valence-corrected chi connectivity index (χ2v) is 8.49. The predicted molar refractivity (Wildman–Crippen MR) is 113 cm³/mol. The zero-order valence-electron chi connectivity index (χ0n) is 16.1. The van der Waals surface area contributed by atoms with E-state index in [1.807, 2.05) is 25.1 Å². The average Bonchev–Trinajstić information content (AvgIpc) is 2.71. The highest BCUT2D eigenvalue weighted by Gasteiger charge is 2.36. The third-order valence-electron chi connectivity index (χ3n) is 6.44. The lowest BCUT2D eigenvalue weighted by Crippen LogP contribution is -2.50. The van der Waals surface area contributed by atoms with Crippen molar-refractivity contribution in [1.29, 1.82) is 0 Å². The van der Waals surface area contributed by atoms with E-state index in [0.29, 0.717) is 6.04 Å². The van der Waals surface area contributed by atoms with Crippen LogP contribution in [0.4, 0.5) is 5.69 Å². The standard InChI is InChI=1S/C23H29ClN2O/c1-18-7-8-21(17-22(18)24)25-13-9-20(10-14-25)26-15-11-23(27,12-16-26)19-5-3-2-4-6-19/h2-8,17,20,27H,9-16H2,1H3. The van der Waals surface area contributed by atoms with Crippen LogP contribution in [-0.2, 0) is 5.60 Å². The molecule has 4 heteroatoms. The second-order valence-electron chi connectivity index (χ2n) is 8.09. The highest BCUT2D eigenvalue weighted by atomic mass is 35.5. The summed E-state index contributed by atoms with van der Waals surface area (Å²) in [5.41, 5.74) is 2.78. The molecule has 1 N–H and O–H groups in total. The zero-order chi connectivity index (χ0) is 18.9. The van der Waals surface area contributed by atoms with Gasteiger partial charge in [-0.05, 0) is 55.9 Å². The number of benzene rings is 2. The third-order valence-corrected chi connectivity index (χ3v) is 6.84. The van der Waals surface area contributed by atoms with Crippen molar-refractivity contribution in [1.82, 2.24) is 4.90 Å². The van der Waals surface area contributed by atoms with Crippen LogP contribution in [0.5, 0.6) is 0 Å². The number of hydrogen-bond donors (Lipinski definition) is 1. The number of rotatable bonds is 3. The molecule has 0 amide bonds. The first kappa shape index (κ1) is 18.8. The maximum absolute atomic E-state index is 11.1. The Bertz CT molecular complexity index is 763. The van der Waals surface area contributed by atoms with Gasteiger partial charge < -0.3 is 14.9 Å². The van der Waals surface area contributed by atoms with Gasteiger partial charge in [-0.2, -0.15) is 0 Å². The molecule has 0 spiro atoms. The number of hydrogen-bond acceptors (Lipinski definition) is 3. The number of piperidine rings is 2. The van der Waals surface area contributed by atoms with Gasteiger partial charge in [0.05, 0.1) is 5.60 Å². The third kappa shape index (κ3) is 4.01. The van der Waals surface area contributed by atoms with Crippen LogP contribution in [0.3, 0.4) is 0 Å². The van der Waals surface area contributed by atoms with E-state index < -0.39 is 5.60 Å². The summed E-state index contributed by atoms with van der Waals surface area (Å²) in [6.45, 7) is 6.15. The molecule has 0 aromatic heterocycles. The van der Waals surface area contributed by atoms with Crippen molar-refractivity contribution in [3.05, 3.63) is 64.7 Å². The molecule has 2 aromatic carbocycles. The van der Waals surface area contributed by atoms with E-state index >= 15 is 0 Å².